The predicted molar refractivity (Wildman–Crippen MR) is 136 cm³/mol. The van der Waals surface area contributed by atoms with Crippen molar-refractivity contribution < 1.29 is 4.79 Å². The summed E-state index contributed by atoms with van der Waals surface area (Å²) < 4.78 is 4.36. The van der Waals surface area contributed by atoms with Crippen molar-refractivity contribution in [3.8, 4) is 0 Å². The molecule has 0 unspecified atom stereocenters. The molecule has 5 rings (SSSR count). The average molecular weight is 479 g/mol. The summed E-state index contributed by atoms with van der Waals surface area (Å²) in [7, 11) is 0. The van der Waals surface area contributed by atoms with Gasteiger partial charge in [0.25, 0.3) is 5.56 Å². The van der Waals surface area contributed by atoms with Crippen molar-refractivity contribution in [2.24, 2.45) is 0 Å². The molecule has 0 spiro atoms. The van der Waals surface area contributed by atoms with Crippen LogP contribution in [0.5, 0.6) is 0 Å². The van der Waals surface area contributed by atoms with E-state index in [0.717, 1.165) is 43.9 Å². The second-order valence-electron chi connectivity index (χ2n) is 9.00. The number of hydrogen-bond acceptors (Lipinski definition) is 6. The van der Waals surface area contributed by atoms with Crippen LogP contribution >= 0.6 is 11.3 Å². The minimum absolute atomic E-state index is 0.0175. The topological polar surface area (TPSA) is 75.7 Å². The van der Waals surface area contributed by atoms with E-state index in [1.165, 1.54) is 28.2 Å². The lowest BCUT2D eigenvalue weighted by Crippen LogP contribution is -2.49. The third-order valence-corrected chi connectivity index (χ3v) is 7.52. The number of piperazine rings is 1. The first-order valence-electron chi connectivity index (χ1n) is 11.9. The summed E-state index contributed by atoms with van der Waals surface area (Å²) in [6.45, 7) is 10.00. The van der Waals surface area contributed by atoms with Crippen LogP contribution in [-0.4, -0.2) is 56.2 Å². The van der Waals surface area contributed by atoms with E-state index in [-0.39, 0.29) is 11.5 Å². The van der Waals surface area contributed by atoms with Gasteiger partial charge in [-0.2, -0.15) is 0 Å². The van der Waals surface area contributed by atoms with Crippen molar-refractivity contribution in [2.45, 2.75) is 46.6 Å². The minimum atomic E-state index is -0.0175. The van der Waals surface area contributed by atoms with Crippen molar-refractivity contribution in [1.29, 1.82) is 0 Å². The van der Waals surface area contributed by atoms with Gasteiger partial charge in [-0.3, -0.25) is 18.6 Å². The molecule has 1 saturated heterocycles. The number of carbonyl (C=O) groups is 1. The molecule has 0 saturated carbocycles. The van der Waals surface area contributed by atoms with Gasteiger partial charge in [0.2, 0.25) is 11.7 Å². The molecule has 4 aromatic rings. The zero-order valence-corrected chi connectivity index (χ0v) is 20.8. The largest absolute Gasteiger partial charge is 0.368 e. The lowest BCUT2D eigenvalue weighted by molar-refractivity contribution is -0.131. The van der Waals surface area contributed by atoms with Crippen molar-refractivity contribution in [1.82, 2.24) is 24.1 Å². The number of fused-ring (bicyclic) bond motifs is 3. The number of benzene rings is 1. The van der Waals surface area contributed by atoms with E-state index in [1.54, 1.807) is 4.57 Å². The van der Waals surface area contributed by atoms with Crippen LogP contribution in [0.4, 0.5) is 5.69 Å². The number of anilines is 1. The minimum Gasteiger partial charge on any atom is -0.368 e. The van der Waals surface area contributed by atoms with Crippen LogP contribution < -0.4 is 10.5 Å². The van der Waals surface area contributed by atoms with Crippen LogP contribution in [0.1, 0.15) is 36.7 Å². The van der Waals surface area contributed by atoms with Gasteiger partial charge in [0.05, 0.1) is 5.52 Å². The monoisotopic (exact) mass is 478 g/mol. The maximum Gasteiger partial charge on any atom is 0.272 e. The van der Waals surface area contributed by atoms with Gasteiger partial charge in [0.1, 0.15) is 10.5 Å². The Bertz CT molecular complexity index is 1410. The van der Waals surface area contributed by atoms with E-state index < -0.39 is 0 Å². The predicted octanol–water partition coefficient (Wildman–Crippen LogP) is 3.41. The number of nitrogens with zero attached hydrogens (tertiary/aromatic N) is 6. The van der Waals surface area contributed by atoms with Gasteiger partial charge in [0, 0.05) is 51.3 Å². The third-order valence-electron chi connectivity index (χ3n) is 6.63. The number of hydrogen-bond donors (Lipinski definition) is 0. The van der Waals surface area contributed by atoms with Gasteiger partial charge >= 0.3 is 0 Å². The van der Waals surface area contributed by atoms with E-state index in [4.69, 9.17) is 0 Å². The standard InChI is InChI=1S/C25H30N6O2S/c1-4-10-30-24(33)23-19(9-15-34-23)31-21(26-27-25(30)31)7-8-22(32)29-13-11-28(12-14-29)20-16-17(2)5-6-18(20)3/h5-6,9,15-16H,4,7-8,10-14H2,1-3H3. The highest BCUT2D eigenvalue weighted by Crippen LogP contribution is 2.24. The Hall–Kier alpha value is -3.20. The van der Waals surface area contributed by atoms with Crippen LogP contribution in [-0.2, 0) is 17.8 Å². The Morgan fingerprint density at radius 1 is 1.09 bits per heavy atom. The number of amides is 1. The highest BCUT2D eigenvalue weighted by molar-refractivity contribution is 7.17. The van der Waals surface area contributed by atoms with Gasteiger partial charge in [0.15, 0.2) is 0 Å². The Morgan fingerprint density at radius 3 is 2.65 bits per heavy atom. The van der Waals surface area contributed by atoms with Crippen LogP contribution in [0.2, 0.25) is 0 Å². The highest BCUT2D eigenvalue weighted by Gasteiger charge is 2.23. The molecule has 1 aliphatic rings. The molecule has 9 heteroatoms. The first-order valence-corrected chi connectivity index (χ1v) is 12.8. The van der Waals surface area contributed by atoms with Gasteiger partial charge in [-0.1, -0.05) is 19.1 Å². The van der Waals surface area contributed by atoms with Crippen molar-refractivity contribution >= 4 is 38.9 Å². The molecule has 1 aliphatic heterocycles. The molecule has 0 atom stereocenters. The molecule has 4 heterocycles. The van der Waals surface area contributed by atoms with Crippen molar-refractivity contribution in [3.63, 3.8) is 0 Å². The summed E-state index contributed by atoms with van der Waals surface area (Å²) in [6.07, 6.45) is 1.70. The normalized spacial score (nSPS) is 14.4. The fourth-order valence-corrected chi connectivity index (χ4v) is 5.63. The van der Waals surface area contributed by atoms with Crippen LogP contribution in [0, 0.1) is 13.8 Å². The van der Waals surface area contributed by atoms with Crippen LogP contribution in [0.15, 0.2) is 34.4 Å². The van der Waals surface area contributed by atoms with Crippen LogP contribution in [0.3, 0.4) is 0 Å². The second-order valence-corrected chi connectivity index (χ2v) is 9.92. The zero-order valence-electron chi connectivity index (χ0n) is 20.0. The summed E-state index contributed by atoms with van der Waals surface area (Å²) in [5, 5.41) is 10.6. The Kier molecular flexibility index (Phi) is 6.12. The van der Waals surface area contributed by atoms with E-state index in [1.807, 2.05) is 27.7 Å². The number of carbonyl (C=O) groups excluding carboxylic acids is 1. The molecular weight excluding hydrogens is 448 g/mol. The lowest BCUT2D eigenvalue weighted by Gasteiger charge is -2.37. The highest BCUT2D eigenvalue weighted by atomic mass is 32.1. The summed E-state index contributed by atoms with van der Waals surface area (Å²) in [6, 6.07) is 8.46. The van der Waals surface area contributed by atoms with E-state index in [9.17, 15) is 9.59 Å². The average Bonchev–Trinajstić information content (AvgIpc) is 3.49. The van der Waals surface area contributed by atoms with Crippen LogP contribution in [0.25, 0.3) is 16.0 Å². The van der Waals surface area contributed by atoms with Gasteiger partial charge in [-0.25, -0.2) is 0 Å². The Labute approximate surface area is 202 Å². The number of rotatable bonds is 6. The van der Waals surface area contributed by atoms with Gasteiger partial charge in [-0.05, 0) is 48.9 Å². The summed E-state index contributed by atoms with van der Waals surface area (Å²) in [4.78, 5) is 30.2. The summed E-state index contributed by atoms with van der Waals surface area (Å²) in [5.41, 5.74) is 4.59. The fraction of sp³-hybridized carbons (Fsp3) is 0.440. The first-order chi connectivity index (χ1) is 16.5. The van der Waals surface area contributed by atoms with Gasteiger partial charge < -0.3 is 9.80 Å². The van der Waals surface area contributed by atoms with Crippen molar-refractivity contribution in [3.05, 3.63) is 57.0 Å². The molecule has 8 nitrogen and oxygen atoms in total. The number of aryl methyl sites for hydroxylation is 4. The molecule has 34 heavy (non-hydrogen) atoms. The maximum atomic E-state index is 13.0. The SMILES string of the molecule is CCCn1c(=O)c2sccc2n2c(CCC(=O)N3CCN(c4cc(C)ccc4C)CC3)nnc12. The molecule has 0 radical (unpaired) electrons. The molecule has 0 N–H and O–H groups in total. The quantitative estimate of drug-likeness (QED) is 0.425. The third kappa shape index (κ3) is 3.98. The molecule has 178 valence electrons. The molecule has 0 bridgehead atoms. The smallest absolute Gasteiger partial charge is 0.272 e. The van der Waals surface area contributed by atoms with Crippen molar-refractivity contribution in [2.75, 3.05) is 31.1 Å². The first kappa shape index (κ1) is 22.6. The molecule has 1 amide bonds. The molecular formula is C25H30N6O2S. The number of thiophene rings is 1. The fourth-order valence-electron chi connectivity index (χ4n) is 4.80. The molecule has 3 aromatic heterocycles. The second kappa shape index (κ2) is 9.21. The molecule has 1 fully saturated rings. The summed E-state index contributed by atoms with van der Waals surface area (Å²) >= 11 is 1.44. The van der Waals surface area contributed by atoms with E-state index in [2.05, 4.69) is 47.1 Å². The Morgan fingerprint density at radius 2 is 1.88 bits per heavy atom. The number of aromatic nitrogens is 4. The lowest BCUT2D eigenvalue weighted by atomic mass is 10.1. The zero-order chi connectivity index (χ0) is 23.8. The van der Waals surface area contributed by atoms with E-state index in [0.29, 0.717) is 29.9 Å². The maximum absolute atomic E-state index is 13.0. The Balaban J connectivity index is 1.29. The summed E-state index contributed by atoms with van der Waals surface area (Å²) in [5.74, 6) is 1.42. The van der Waals surface area contributed by atoms with Gasteiger partial charge in [-0.15, -0.1) is 21.5 Å². The molecule has 0 aliphatic carbocycles. The van der Waals surface area contributed by atoms with E-state index >= 15 is 0 Å². The molecule has 1 aromatic carbocycles.